The Morgan fingerprint density at radius 3 is 2.49 bits per heavy atom. The van der Waals surface area contributed by atoms with E-state index in [2.05, 4.69) is 4.98 Å². The number of carbonyl (C=O) groups is 2. The van der Waals surface area contributed by atoms with Crippen molar-refractivity contribution < 1.29 is 38.1 Å². The Morgan fingerprint density at radius 1 is 0.974 bits per heavy atom. The van der Waals surface area contributed by atoms with Crippen LogP contribution >= 0.6 is 0 Å². The van der Waals surface area contributed by atoms with Gasteiger partial charge in [0.25, 0.3) is 0 Å². The molecule has 0 radical (unpaired) electrons. The first-order valence-corrected chi connectivity index (χ1v) is 12.3. The fraction of sp³-hybridized carbons (Fsp3) is 0.207. The van der Waals surface area contributed by atoms with Gasteiger partial charge in [-0.1, -0.05) is 30.3 Å². The second-order valence-corrected chi connectivity index (χ2v) is 8.76. The van der Waals surface area contributed by atoms with Crippen LogP contribution in [0.1, 0.15) is 17.0 Å². The summed E-state index contributed by atoms with van der Waals surface area (Å²) < 4.78 is 27.6. The molecular weight excluding hydrogens is 504 g/mol. The van der Waals surface area contributed by atoms with E-state index in [4.69, 9.17) is 23.4 Å². The molecule has 1 aliphatic rings. The summed E-state index contributed by atoms with van der Waals surface area (Å²) in [6.45, 7) is 1.88. The molecule has 10 heteroatoms. The number of benzene rings is 3. The second-order valence-electron chi connectivity index (χ2n) is 8.76. The molecule has 0 spiro atoms. The third-order valence-electron chi connectivity index (χ3n) is 5.95. The van der Waals surface area contributed by atoms with Crippen molar-refractivity contribution in [2.45, 2.75) is 19.9 Å². The minimum absolute atomic E-state index is 0.0381. The molecular formula is C29H26N2O8. The second kappa shape index (κ2) is 11.6. The normalized spacial score (nSPS) is 11.7. The number of aromatic nitrogens is 1. The van der Waals surface area contributed by atoms with Crippen LogP contribution in [0, 0.1) is 6.92 Å². The number of rotatable bonds is 10. The molecule has 10 nitrogen and oxygen atoms in total. The van der Waals surface area contributed by atoms with Crippen LogP contribution in [-0.2, 0) is 17.8 Å². The number of carboxylic acids is 1. The average Bonchev–Trinajstić information content (AvgIpc) is 3.55. The molecule has 1 amide bonds. The molecule has 2 heterocycles. The predicted octanol–water partition coefficient (Wildman–Crippen LogP) is 5.09. The fourth-order valence-corrected chi connectivity index (χ4v) is 4.00. The highest BCUT2D eigenvalue weighted by molar-refractivity contribution is 5.78. The highest BCUT2D eigenvalue weighted by Gasteiger charge is 2.21. The van der Waals surface area contributed by atoms with Crippen LogP contribution in [-0.4, -0.2) is 47.0 Å². The first kappa shape index (κ1) is 25.7. The van der Waals surface area contributed by atoms with Crippen LogP contribution in [0.3, 0.4) is 0 Å². The molecule has 1 N–H and O–H groups in total. The lowest BCUT2D eigenvalue weighted by atomic mass is 10.2. The molecule has 0 unspecified atom stereocenters. The van der Waals surface area contributed by atoms with E-state index < -0.39 is 18.6 Å². The number of amides is 1. The van der Waals surface area contributed by atoms with Gasteiger partial charge in [0.1, 0.15) is 23.8 Å². The first-order chi connectivity index (χ1) is 18.9. The fourth-order valence-electron chi connectivity index (χ4n) is 4.00. The van der Waals surface area contributed by atoms with Gasteiger partial charge in [0.15, 0.2) is 11.5 Å². The van der Waals surface area contributed by atoms with Crippen molar-refractivity contribution >= 4 is 12.1 Å². The van der Waals surface area contributed by atoms with Crippen LogP contribution in [0.4, 0.5) is 4.79 Å². The van der Waals surface area contributed by atoms with E-state index in [1.807, 2.05) is 37.3 Å². The minimum Gasteiger partial charge on any atom is -0.493 e. The molecule has 200 valence electrons. The van der Waals surface area contributed by atoms with Crippen molar-refractivity contribution in [1.82, 2.24) is 9.88 Å². The Bertz CT molecular complexity index is 1450. The molecule has 0 aliphatic carbocycles. The zero-order valence-electron chi connectivity index (χ0n) is 21.2. The highest BCUT2D eigenvalue weighted by atomic mass is 16.7. The van der Waals surface area contributed by atoms with Gasteiger partial charge < -0.3 is 28.5 Å². The zero-order chi connectivity index (χ0) is 27.2. The molecule has 0 bridgehead atoms. The number of carbonyl (C=O) groups excluding carboxylic acids is 1. The van der Waals surface area contributed by atoms with E-state index in [0.29, 0.717) is 41.7 Å². The van der Waals surface area contributed by atoms with E-state index in [0.717, 1.165) is 21.9 Å². The maximum atomic E-state index is 12.7. The lowest BCUT2D eigenvalue weighted by Gasteiger charge is -2.20. The summed E-state index contributed by atoms with van der Waals surface area (Å²) in [4.78, 5) is 29.8. The summed E-state index contributed by atoms with van der Waals surface area (Å²) in [6, 6.07) is 21.5. The Balaban J connectivity index is 1.16. The third kappa shape index (κ3) is 6.48. The van der Waals surface area contributed by atoms with Crippen molar-refractivity contribution in [2.75, 3.05) is 19.9 Å². The molecule has 1 aliphatic heterocycles. The number of aryl methyl sites for hydroxylation is 1. The third-order valence-corrected chi connectivity index (χ3v) is 5.95. The summed E-state index contributed by atoms with van der Waals surface area (Å²) in [7, 11) is 0. The van der Waals surface area contributed by atoms with Crippen molar-refractivity contribution in [2.24, 2.45) is 0 Å². The summed E-state index contributed by atoms with van der Waals surface area (Å²) in [6.07, 6.45) is -0.225. The number of fused-ring (bicyclic) bond motifs is 1. The molecule has 5 rings (SSSR count). The van der Waals surface area contributed by atoms with Crippen molar-refractivity contribution in [1.29, 1.82) is 0 Å². The summed E-state index contributed by atoms with van der Waals surface area (Å²) in [5.74, 6) is 2.03. The lowest BCUT2D eigenvalue weighted by molar-refractivity contribution is -0.138. The summed E-state index contributed by atoms with van der Waals surface area (Å²) in [5, 5.41) is 9.31. The molecule has 0 saturated heterocycles. The van der Waals surface area contributed by atoms with E-state index in [-0.39, 0.29) is 19.1 Å². The number of hydrogen-bond acceptors (Lipinski definition) is 8. The van der Waals surface area contributed by atoms with Gasteiger partial charge in [-0.05, 0) is 48.9 Å². The van der Waals surface area contributed by atoms with Gasteiger partial charge in [-0.15, -0.1) is 0 Å². The van der Waals surface area contributed by atoms with Crippen molar-refractivity contribution in [3.05, 3.63) is 89.8 Å². The van der Waals surface area contributed by atoms with E-state index in [1.165, 1.54) is 6.07 Å². The van der Waals surface area contributed by atoms with E-state index >= 15 is 0 Å². The van der Waals surface area contributed by atoms with Gasteiger partial charge in [0.05, 0.1) is 12.3 Å². The number of oxazole rings is 1. The van der Waals surface area contributed by atoms with Crippen LogP contribution in [0.15, 0.2) is 77.2 Å². The Hall–Kier alpha value is -4.99. The smallest absolute Gasteiger partial charge is 0.416 e. The average molecular weight is 531 g/mol. The minimum atomic E-state index is -1.16. The van der Waals surface area contributed by atoms with Gasteiger partial charge in [0, 0.05) is 24.6 Å². The lowest BCUT2D eigenvalue weighted by Crippen LogP contribution is -2.37. The molecule has 0 saturated carbocycles. The number of carboxylic acid groups (broad SMARTS) is 1. The molecule has 39 heavy (non-hydrogen) atoms. The van der Waals surface area contributed by atoms with Gasteiger partial charge in [-0.2, -0.15) is 0 Å². The number of nitrogens with zero attached hydrogens (tertiary/aromatic N) is 2. The monoisotopic (exact) mass is 530 g/mol. The van der Waals surface area contributed by atoms with Crippen molar-refractivity contribution in [3.63, 3.8) is 0 Å². The van der Waals surface area contributed by atoms with Crippen LogP contribution in [0.25, 0.3) is 11.5 Å². The number of hydrogen-bond donors (Lipinski definition) is 1. The molecule has 0 atom stereocenters. The van der Waals surface area contributed by atoms with Gasteiger partial charge >= 0.3 is 12.1 Å². The highest BCUT2D eigenvalue weighted by Crippen LogP contribution is 2.35. The van der Waals surface area contributed by atoms with Gasteiger partial charge in [-0.25, -0.2) is 9.78 Å². The van der Waals surface area contributed by atoms with Gasteiger partial charge in [-0.3, -0.25) is 9.69 Å². The number of aliphatic carboxylic acids is 1. The van der Waals surface area contributed by atoms with E-state index in [9.17, 15) is 14.7 Å². The van der Waals surface area contributed by atoms with Gasteiger partial charge in [0.2, 0.25) is 12.7 Å². The standard InChI is InChI=1S/C29H26N2O8/c1-19-24(30-28(38-19)21-5-3-2-4-6-21)13-14-35-22-9-7-20(8-10-22)16-31(17-27(32)33)29(34)39-23-11-12-25-26(15-23)37-18-36-25/h2-12,15H,13-14,16-18H2,1H3,(H,32,33). The maximum absolute atomic E-state index is 12.7. The SMILES string of the molecule is Cc1oc(-c2ccccc2)nc1CCOc1ccc(CN(CC(=O)O)C(=O)Oc2ccc3c(c2)OCO3)cc1. The topological polar surface area (TPSA) is 121 Å². The zero-order valence-corrected chi connectivity index (χ0v) is 21.2. The Kier molecular flexibility index (Phi) is 7.63. The molecule has 0 fully saturated rings. The Morgan fingerprint density at radius 2 is 1.72 bits per heavy atom. The summed E-state index contributed by atoms with van der Waals surface area (Å²) in [5.41, 5.74) is 2.46. The molecule has 3 aromatic carbocycles. The number of ether oxygens (including phenoxy) is 4. The molecule has 4 aromatic rings. The quantitative estimate of drug-likeness (QED) is 0.299. The van der Waals surface area contributed by atoms with Crippen LogP contribution in [0.2, 0.25) is 0 Å². The largest absolute Gasteiger partial charge is 0.493 e. The first-order valence-electron chi connectivity index (χ1n) is 12.3. The molecule has 1 aromatic heterocycles. The van der Waals surface area contributed by atoms with Crippen LogP contribution in [0.5, 0.6) is 23.0 Å². The van der Waals surface area contributed by atoms with Crippen LogP contribution < -0.4 is 18.9 Å². The van der Waals surface area contributed by atoms with E-state index in [1.54, 1.807) is 36.4 Å². The van der Waals surface area contributed by atoms with Crippen molar-refractivity contribution in [3.8, 4) is 34.5 Å². The summed E-state index contributed by atoms with van der Waals surface area (Å²) >= 11 is 0. The maximum Gasteiger partial charge on any atom is 0.416 e. The predicted molar refractivity (Wildman–Crippen MR) is 139 cm³/mol. The Labute approximate surface area is 224 Å².